The third-order valence-corrected chi connectivity index (χ3v) is 14.8. The number of carbonyl (C=O) groups excluding carboxylic acids is 2. The van der Waals surface area contributed by atoms with E-state index in [1.54, 1.807) is 6.07 Å². The Bertz CT molecular complexity index is 2520. The molecule has 0 atom stereocenters. The van der Waals surface area contributed by atoms with Crippen molar-refractivity contribution >= 4 is 60.7 Å². The molecule has 2 heterocycles. The fourth-order valence-electron chi connectivity index (χ4n) is 10.5. The van der Waals surface area contributed by atoms with Crippen LogP contribution in [0.25, 0.3) is 21.5 Å². The molecule has 0 spiro atoms. The van der Waals surface area contributed by atoms with Crippen LogP contribution < -0.4 is 4.90 Å². The molecule has 4 aromatic rings. The maximum Gasteiger partial charge on any atom is 0.305 e. The molecule has 2 aliphatic heterocycles. The molecule has 4 aromatic carbocycles. The summed E-state index contributed by atoms with van der Waals surface area (Å²) in [7, 11) is -1.53. The highest BCUT2D eigenvalue weighted by Gasteiger charge is 2.46. The fraction of sp³-hybridized carbons (Fsp3) is 0.509. The number of methoxy groups -OCH3 is 2. The lowest BCUT2D eigenvalue weighted by atomic mass is 9.79. The van der Waals surface area contributed by atoms with Gasteiger partial charge >= 0.3 is 11.9 Å². The molecule has 9 nitrogen and oxygen atoms in total. The van der Waals surface area contributed by atoms with E-state index in [2.05, 4.69) is 91.8 Å². The summed E-state index contributed by atoms with van der Waals surface area (Å²) in [6.45, 7) is 10.9. The molecule has 6 rings (SSSR count). The lowest BCUT2D eigenvalue weighted by Gasteiger charge is -2.27. The van der Waals surface area contributed by atoms with Gasteiger partial charge in [0.25, 0.3) is 10.1 Å². The second-order valence-corrected chi connectivity index (χ2v) is 20.5. The number of allylic oxidation sites excluding steroid dienone is 4. The smallest absolute Gasteiger partial charge is 0.305 e. The minimum atomic E-state index is -4.42. The molecule has 0 unspecified atom stereocenters. The summed E-state index contributed by atoms with van der Waals surface area (Å²) < 4.78 is 47.3. The molecule has 0 aromatic heterocycles. The van der Waals surface area contributed by atoms with Gasteiger partial charge in [0.2, 0.25) is 5.69 Å². The highest BCUT2D eigenvalue weighted by atomic mass is 32.2. The van der Waals surface area contributed by atoms with Crippen LogP contribution >= 0.6 is 0 Å². The van der Waals surface area contributed by atoms with E-state index in [1.807, 2.05) is 18.2 Å². The Kier molecular flexibility index (Phi) is 17.3. The van der Waals surface area contributed by atoms with E-state index in [0.29, 0.717) is 18.2 Å². The summed E-state index contributed by atoms with van der Waals surface area (Å²) in [6.07, 6.45) is 25.4. The maximum atomic E-state index is 12.5. The predicted molar refractivity (Wildman–Crippen MR) is 265 cm³/mol. The van der Waals surface area contributed by atoms with Gasteiger partial charge < -0.3 is 14.4 Å². The number of ether oxygens (including phenoxy) is 2. The minimum Gasteiger partial charge on any atom is -0.469 e. The zero-order valence-corrected chi connectivity index (χ0v) is 40.7. The molecule has 0 saturated carbocycles. The Morgan fingerprint density at radius 3 is 1.82 bits per heavy atom. The second kappa shape index (κ2) is 22.6. The van der Waals surface area contributed by atoms with Gasteiger partial charge in [0.1, 0.15) is 11.4 Å². The largest absolute Gasteiger partial charge is 0.469 e. The number of rotatable bonds is 25. The molecule has 0 fully saturated rings. The summed E-state index contributed by atoms with van der Waals surface area (Å²) in [5, 5.41) is 3.91. The molecular formula is C55H73N2O7S+. The number of carbonyl (C=O) groups is 2. The first-order chi connectivity index (χ1) is 31.2. The van der Waals surface area contributed by atoms with Crippen molar-refractivity contribution in [2.24, 2.45) is 0 Å². The third-order valence-electron chi connectivity index (χ3n) is 13.9. The van der Waals surface area contributed by atoms with Crippen molar-refractivity contribution in [2.75, 3.05) is 32.2 Å². The Labute approximate surface area is 388 Å². The third kappa shape index (κ3) is 11.8. The van der Waals surface area contributed by atoms with E-state index in [0.717, 1.165) is 119 Å². The maximum absolute atomic E-state index is 12.5. The number of anilines is 1. The van der Waals surface area contributed by atoms with Crippen molar-refractivity contribution in [3.63, 3.8) is 0 Å². The first kappa shape index (κ1) is 49.6. The van der Waals surface area contributed by atoms with Crippen molar-refractivity contribution in [3.8, 4) is 0 Å². The molecule has 65 heavy (non-hydrogen) atoms. The van der Waals surface area contributed by atoms with Crippen LogP contribution in [-0.4, -0.2) is 62.5 Å². The summed E-state index contributed by atoms with van der Waals surface area (Å²) >= 11 is 0. The molecule has 1 N–H and O–H groups in total. The zero-order chi connectivity index (χ0) is 46.6. The summed E-state index contributed by atoms with van der Waals surface area (Å²) in [5.74, 6) is -0.253. The van der Waals surface area contributed by atoms with Gasteiger partial charge in [-0.2, -0.15) is 13.0 Å². The number of fused-ring (bicyclic) bond motifs is 6. The van der Waals surface area contributed by atoms with Crippen molar-refractivity contribution in [1.82, 2.24) is 0 Å². The van der Waals surface area contributed by atoms with Crippen LogP contribution in [0.2, 0.25) is 0 Å². The van der Waals surface area contributed by atoms with E-state index in [-0.39, 0.29) is 22.2 Å². The molecule has 10 heteroatoms. The van der Waals surface area contributed by atoms with E-state index >= 15 is 0 Å². The minimum absolute atomic E-state index is 0.0673. The van der Waals surface area contributed by atoms with Crippen LogP contribution in [0.5, 0.6) is 0 Å². The molecule has 0 saturated heterocycles. The molecule has 0 amide bonds. The second-order valence-electron chi connectivity index (χ2n) is 19.1. The van der Waals surface area contributed by atoms with Crippen LogP contribution in [0, 0.1) is 0 Å². The topological polar surface area (TPSA) is 113 Å². The average molecular weight is 906 g/mol. The lowest BCUT2D eigenvalue weighted by molar-refractivity contribution is -0.438. The Balaban J connectivity index is 1.24. The molecule has 2 aliphatic rings. The number of nitrogens with zero attached hydrogens (tertiary/aromatic N) is 2. The van der Waals surface area contributed by atoms with E-state index in [4.69, 9.17) is 9.47 Å². The molecular weight excluding hydrogens is 833 g/mol. The Morgan fingerprint density at radius 1 is 0.631 bits per heavy atom. The molecule has 0 bridgehead atoms. The highest BCUT2D eigenvalue weighted by molar-refractivity contribution is 7.86. The van der Waals surface area contributed by atoms with Crippen LogP contribution in [0.15, 0.2) is 95.6 Å². The number of hydrogen-bond acceptors (Lipinski definition) is 7. The van der Waals surface area contributed by atoms with Gasteiger partial charge in [-0.1, -0.05) is 133 Å². The number of esters is 2. The summed E-state index contributed by atoms with van der Waals surface area (Å²) in [5.41, 5.74) is 6.54. The van der Waals surface area contributed by atoms with Crippen LogP contribution in [0.4, 0.5) is 11.4 Å². The van der Waals surface area contributed by atoms with Crippen molar-refractivity contribution in [3.05, 3.63) is 102 Å². The highest BCUT2D eigenvalue weighted by Crippen LogP contribution is 2.51. The average Bonchev–Trinajstić information content (AvgIpc) is 3.64. The SMILES string of the molecule is COC(=O)CCCCCCCCCCN1/C(=C\C=C\C2=[N+](CCCCCCCCCCC(=O)OC)c3ccc4c(S(=O)(=O)O)cccc4c3C2(C)C)C(C)(C)c2c1ccc1ccccc21. The van der Waals surface area contributed by atoms with Crippen molar-refractivity contribution < 1.29 is 36.6 Å². The van der Waals surface area contributed by atoms with Gasteiger partial charge in [-0.3, -0.25) is 14.1 Å². The van der Waals surface area contributed by atoms with Crippen molar-refractivity contribution in [1.29, 1.82) is 0 Å². The van der Waals surface area contributed by atoms with Crippen LogP contribution in [0.3, 0.4) is 0 Å². The summed E-state index contributed by atoms with van der Waals surface area (Å²) in [6, 6.07) is 22.4. The van der Waals surface area contributed by atoms with E-state index < -0.39 is 15.5 Å². The van der Waals surface area contributed by atoms with Crippen molar-refractivity contribution in [2.45, 2.75) is 159 Å². The quantitative estimate of drug-likeness (QED) is 0.0303. The van der Waals surface area contributed by atoms with Crippen LogP contribution in [0.1, 0.15) is 154 Å². The van der Waals surface area contributed by atoms with Gasteiger partial charge in [0.15, 0.2) is 5.71 Å². The van der Waals surface area contributed by atoms with Crippen LogP contribution in [-0.2, 0) is 40.0 Å². The van der Waals surface area contributed by atoms with E-state index in [9.17, 15) is 22.6 Å². The van der Waals surface area contributed by atoms with Gasteiger partial charge in [-0.25, -0.2) is 0 Å². The molecule has 350 valence electrons. The monoisotopic (exact) mass is 906 g/mol. The van der Waals surface area contributed by atoms with Gasteiger partial charge in [-0.15, -0.1) is 0 Å². The first-order valence-electron chi connectivity index (χ1n) is 24.2. The zero-order valence-electron chi connectivity index (χ0n) is 39.9. The van der Waals surface area contributed by atoms with E-state index in [1.165, 1.54) is 67.3 Å². The Morgan fingerprint density at radius 2 is 1.20 bits per heavy atom. The summed E-state index contributed by atoms with van der Waals surface area (Å²) in [4.78, 5) is 25.4. The van der Waals surface area contributed by atoms with Gasteiger partial charge in [0.05, 0.1) is 19.6 Å². The Hall–Kier alpha value is -4.80. The molecule has 0 aliphatic carbocycles. The number of hydrogen-bond donors (Lipinski definition) is 1. The van der Waals surface area contributed by atoms with Gasteiger partial charge in [-0.05, 0) is 85.5 Å². The number of benzene rings is 4. The standard InChI is InChI=1S/C55H72N2O7S/c1-54(2)48(56(45-37-35-41-27-21-22-28-42(41)52(45)54)39-23-17-13-9-7-11-15-19-33-50(58)63-5)31-26-32-49-55(3,4)53-44-29-25-30-47(65(60,61)62)43(44)36-38-46(53)57(49)40-24-18-14-10-8-12-16-20-34-51(59)64-6/h21-22,25-32,35-38H,7-20,23-24,33-34,39-40H2,1-6H3/p+1. The lowest BCUT2D eigenvalue weighted by Crippen LogP contribution is -2.28. The van der Waals surface area contributed by atoms with Gasteiger partial charge in [0, 0.05) is 65.7 Å². The first-order valence-corrected chi connectivity index (χ1v) is 25.7. The normalized spacial score (nSPS) is 16.0. The fourth-order valence-corrected chi connectivity index (χ4v) is 11.2. The number of unbranched alkanes of at least 4 members (excludes halogenated alkanes) is 14. The molecule has 0 radical (unpaired) electrons. The predicted octanol–water partition coefficient (Wildman–Crippen LogP) is 13.2.